The number of allylic oxidation sites excluding steroid dienone is 1. The summed E-state index contributed by atoms with van der Waals surface area (Å²) in [6, 6.07) is 6.18. The van der Waals surface area contributed by atoms with Crippen LogP contribution >= 0.6 is 0 Å². The Morgan fingerprint density at radius 1 is 1.53 bits per heavy atom. The van der Waals surface area contributed by atoms with Crippen molar-refractivity contribution in [3.63, 3.8) is 0 Å². The van der Waals surface area contributed by atoms with Gasteiger partial charge in [0.1, 0.15) is 11.3 Å². The van der Waals surface area contributed by atoms with Crippen molar-refractivity contribution in [3.05, 3.63) is 35.4 Å². The van der Waals surface area contributed by atoms with Crippen LogP contribution in [0.5, 0.6) is 5.75 Å². The molecule has 0 unspecified atom stereocenters. The van der Waals surface area contributed by atoms with E-state index in [1.807, 2.05) is 6.07 Å². The van der Waals surface area contributed by atoms with E-state index in [9.17, 15) is 9.90 Å². The minimum absolute atomic E-state index is 0.144. The first-order valence-corrected chi connectivity index (χ1v) is 4.25. The number of rotatable bonds is 3. The van der Waals surface area contributed by atoms with Gasteiger partial charge in [0.25, 0.3) is 0 Å². The third-order valence-electron chi connectivity index (χ3n) is 1.77. The number of hydrogen-bond donors (Lipinski definition) is 2. The first-order chi connectivity index (χ1) is 7.15. The Labute approximate surface area is 86.7 Å². The number of carbonyl (C=O) groups is 1. The van der Waals surface area contributed by atoms with E-state index in [-0.39, 0.29) is 17.7 Å². The average molecular weight is 203 g/mol. The average Bonchev–Trinajstić information content (AvgIpc) is 2.20. The van der Waals surface area contributed by atoms with Gasteiger partial charge in [0.05, 0.1) is 12.5 Å². The second-order valence-corrected chi connectivity index (χ2v) is 2.85. The molecule has 0 aliphatic rings. The minimum Gasteiger partial charge on any atom is -0.507 e. The summed E-state index contributed by atoms with van der Waals surface area (Å²) in [7, 11) is 0. The lowest BCUT2D eigenvalue weighted by Gasteiger charge is -2.00. The molecule has 4 nitrogen and oxygen atoms in total. The Hall–Kier alpha value is -2.28. The Morgan fingerprint density at radius 2 is 2.27 bits per heavy atom. The first-order valence-electron chi connectivity index (χ1n) is 4.25. The molecule has 0 saturated heterocycles. The highest BCUT2D eigenvalue weighted by molar-refractivity contribution is 5.91. The third kappa shape index (κ3) is 2.85. The van der Waals surface area contributed by atoms with E-state index in [1.54, 1.807) is 18.2 Å². The molecular weight excluding hydrogens is 194 g/mol. The number of nitrogens with zero attached hydrogens (tertiary/aromatic N) is 1. The van der Waals surface area contributed by atoms with Gasteiger partial charge in [-0.15, -0.1) is 0 Å². The molecular formula is C11H9NO3. The number of aromatic hydroxyl groups is 1. The Kier molecular flexibility index (Phi) is 3.47. The summed E-state index contributed by atoms with van der Waals surface area (Å²) in [5.41, 5.74) is 0.495. The van der Waals surface area contributed by atoms with Crippen molar-refractivity contribution in [2.75, 3.05) is 0 Å². The van der Waals surface area contributed by atoms with Crippen molar-refractivity contribution in [3.8, 4) is 11.8 Å². The number of carboxylic acids is 1. The quantitative estimate of drug-likeness (QED) is 0.787. The number of nitriles is 1. The summed E-state index contributed by atoms with van der Waals surface area (Å²) in [4.78, 5) is 10.7. The van der Waals surface area contributed by atoms with Gasteiger partial charge in [-0.05, 0) is 17.7 Å². The van der Waals surface area contributed by atoms with Crippen LogP contribution in [0.3, 0.4) is 0 Å². The fraction of sp³-hybridized carbons (Fsp3) is 0.0909. The lowest BCUT2D eigenvalue weighted by Crippen LogP contribution is -1.96. The molecule has 2 N–H and O–H groups in total. The Bertz CT molecular complexity index is 444. The molecule has 0 heterocycles. The van der Waals surface area contributed by atoms with Crippen LogP contribution in [0.1, 0.15) is 22.3 Å². The molecule has 0 saturated carbocycles. The molecule has 0 aromatic heterocycles. The van der Waals surface area contributed by atoms with E-state index >= 15 is 0 Å². The van der Waals surface area contributed by atoms with E-state index in [0.717, 1.165) is 0 Å². The van der Waals surface area contributed by atoms with E-state index in [2.05, 4.69) is 0 Å². The first kappa shape index (κ1) is 10.8. The monoisotopic (exact) mass is 203 g/mol. The van der Waals surface area contributed by atoms with Crippen LogP contribution in [-0.4, -0.2) is 16.2 Å². The number of carboxylic acid groups (broad SMARTS) is 1. The second kappa shape index (κ2) is 4.82. The molecule has 1 aromatic rings. The predicted molar refractivity (Wildman–Crippen MR) is 54.3 cm³/mol. The number of hydrogen-bond acceptors (Lipinski definition) is 3. The molecule has 0 fully saturated rings. The minimum atomic E-state index is -1.18. The lowest BCUT2D eigenvalue weighted by molar-refractivity contribution is 0.0693. The molecule has 0 bridgehead atoms. The van der Waals surface area contributed by atoms with Crippen LogP contribution in [0.2, 0.25) is 0 Å². The maximum atomic E-state index is 10.7. The Balaban J connectivity index is 2.98. The Morgan fingerprint density at radius 3 is 2.87 bits per heavy atom. The molecule has 4 heteroatoms. The van der Waals surface area contributed by atoms with Crippen LogP contribution < -0.4 is 0 Å². The van der Waals surface area contributed by atoms with E-state index in [4.69, 9.17) is 10.4 Å². The smallest absolute Gasteiger partial charge is 0.339 e. The second-order valence-electron chi connectivity index (χ2n) is 2.85. The van der Waals surface area contributed by atoms with E-state index in [0.29, 0.717) is 5.56 Å². The topological polar surface area (TPSA) is 81.3 Å². The SMILES string of the molecule is N#CCC=Cc1ccc(O)c(C(=O)O)c1. The van der Waals surface area contributed by atoms with Crippen molar-refractivity contribution in [1.29, 1.82) is 5.26 Å². The van der Waals surface area contributed by atoms with Crippen molar-refractivity contribution in [2.24, 2.45) is 0 Å². The van der Waals surface area contributed by atoms with Crippen molar-refractivity contribution >= 4 is 12.0 Å². The van der Waals surface area contributed by atoms with Gasteiger partial charge in [-0.25, -0.2) is 4.79 Å². The molecule has 0 amide bonds. The summed E-state index contributed by atoms with van der Waals surface area (Å²) in [6.07, 6.45) is 3.52. The normalized spacial score (nSPS) is 10.1. The zero-order valence-corrected chi connectivity index (χ0v) is 7.84. The van der Waals surface area contributed by atoms with E-state index in [1.165, 1.54) is 12.1 Å². The standard InChI is InChI=1S/C11H9NO3/c12-6-2-1-3-8-4-5-10(13)9(7-8)11(14)15/h1,3-5,7,13H,2H2,(H,14,15). The number of phenols is 1. The fourth-order valence-corrected chi connectivity index (χ4v) is 1.08. The van der Waals surface area contributed by atoms with E-state index < -0.39 is 5.97 Å². The zero-order valence-electron chi connectivity index (χ0n) is 7.84. The van der Waals surface area contributed by atoms with Crippen molar-refractivity contribution in [1.82, 2.24) is 0 Å². The highest BCUT2D eigenvalue weighted by Crippen LogP contribution is 2.19. The van der Waals surface area contributed by atoms with Gasteiger partial charge in [-0.2, -0.15) is 5.26 Å². The predicted octanol–water partition coefficient (Wildman–Crippen LogP) is 2.02. The maximum Gasteiger partial charge on any atom is 0.339 e. The largest absolute Gasteiger partial charge is 0.507 e. The number of benzene rings is 1. The lowest BCUT2D eigenvalue weighted by atomic mass is 10.1. The molecule has 76 valence electrons. The molecule has 1 aromatic carbocycles. The van der Waals surface area contributed by atoms with Crippen LogP contribution in [0, 0.1) is 11.3 Å². The summed E-state index contributed by atoms with van der Waals surface area (Å²) in [5, 5.41) is 26.2. The molecule has 0 atom stereocenters. The molecule has 0 radical (unpaired) electrons. The van der Waals surface area contributed by atoms with Gasteiger partial charge in [-0.1, -0.05) is 18.2 Å². The van der Waals surface area contributed by atoms with Crippen molar-refractivity contribution < 1.29 is 15.0 Å². The molecule has 0 spiro atoms. The van der Waals surface area contributed by atoms with Gasteiger partial charge in [0.2, 0.25) is 0 Å². The summed E-state index contributed by atoms with van der Waals surface area (Å²) < 4.78 is 0. The van der Waals surface area contributed by atoms with Gasteiger partial charge in [0, 0.05) is 0 Å². The van der Waals surface area contributed by atoms with Crippen LogP contribution in [-0.2, 0) is 0 Å². The van der Waals surface area contributed by atoms with Gasteiger partial charge < -0.3 is 10.2 Å². The van der Waals surface area contributed by atoms with Crippen LogP contribution in [0.15, 0.2) is 24.3 Å². The van der Waals surface area contributed by atoms with Crippen LogP contribution in [0.4, 0.5) is 0 Å². The molecule has 1 rings (SSSR count). The molecule has 0 aliphatic carbocycles. The fourth-order valence-electron chi connectivity index (χ4n) is 1.08. The summed E-state index contributed by atoms with van der Waals surface area (Å²) in [6.45, 7) is 0. The molecule has 0 aliphatic heterocycles. The summed E-state index contributed by atoms with van der Waals surface area (Å²) in [5.74, 6) is -1.44. The summed E-state index contributed by atoms with van der Waals surface area (Å²) >= 11 is 0. The van der Waals surface area contributed by atoms with Crippen LogP contribution in [0.25, 0.3) is 6.08 Å². The maximum absolute atomic E-state index is 10.7. The highest BCUT2D eigenvalue weighted by Gasteiger charge is 2.08. The number of aromatic carboxylic acids is 1. The van der Waals surface area contributed by atoms with Gasteiger partial charge in [0.15, 0.2) is 0 Å². The molecule has 15 heavy (non-hydrogen) atoms. The zero-order chi connectivity index (χ0) is 11.3. The van der Waals surface area contributed by atoms with Gasteiger partial charge >= 0.3 is 5.97 Å². The van der Waals surface area contributed by atoms with Crippen molar-refractivity contribution in [2.45, 2.75) is 6.42 Å². The van der Waals surface area contributed by atoms with Gasteiger partial charge in [-0.3, -0.25) is 0 Å². The third-order valence-corrected chi connectivity index (χ3v) is 1.77. The highest BCUT2D eigenvalue weighted by atomic mass is 16.4.